The van der Waals surface area contributed by atoms with E-state index in [-0.39, 0.29) is 0 Å². The molecular formula is C20H38N6. The van der Waals surface area contributed by atoms with Gasteiger partial charge >= 0.3 is 0 Å². The monoisotopic (exact) mass is 362 g/mol. The second-order valence-corrected chi connectivity index (χ2v) is 7.59. The third-order valence-corrected chi connectivity index (χ3v) is 4.93. The average Bonchev–Trinajstić information content (AvgIpc) is 2.93. The lowest BCUT2D eigenvalue weighted by atomic mass is 10.0. The Labute approximate surface area is 159 Å². The standard InChI is InChI=1S/C20H38N6/c1-5-21-20(22-10-7-13-25-12-6-9-17(2)16-25)23-11-8-14-26-19(4)15-18(3)24-26/h15,17H,5-14,16H2,1-4H3,(H2,21,22,23). The van der Waals surface area contributed by atoms with E-state index in [1.807, 2.05) is 6.92 Å². The van der Waals surface area contributed by atoms with E-state index in [0.717, 1.165) is 50.2 Å². The van der Waals surface area contributed by atoms with Crippen molar-refractivity contribution in [3.63, 3.8) is 0 Å². The maximum Gasteiger partial charge on any atom is 0.191 e. The lowest BCUT2D eigenvalue weighted by molar-refractivity contribution is 0.182. The van der Waals surface area contributed by atoms with Crippen LogP contribution < -0.4 is 10.6 Å². The van der Waals surface area contributed by atoms with Gasteiger partial charge in [-0.25, -0.2) is 0 Å². The minimum absolute atomic E-state index is 0.817. The fourth-order valence-corrected chi connectivity index (χ4v) is 3.65. The number of rotatable bonds is 9. The molecule has 1 aromatic rings. The normalized spacial score (nSPS) is 18.9. The van der Waals surface area contributed by atoms with E-state index in [0.29, 0.717) is 0 Å². The summed E-state index contributed by atoms with van der Waals surface area (Å²) >= 11 is 0. The van der Waals surface area contributed by atoms with Gasteiger partial charge < -0.3 is 15.5 Å². The smallest absolute Gasteiger partial charge is 0.191 e. The van der Waals surface area contributed by atoms with Gasteiger partial charge in [0.25, 0.3) is 0 Å². The van der Waals surface area contributed by atoms with Crippen LogP contribution in [0.25, 0.3) is 0 Å². The lowest BCUT2D eigenvalue weighted by Gasteiger charge is -2.30. The van der Waals surface area contributed by atoms with E-state index in [4.69, 9.17) is 4.99 Å². The van der Waals surface area contributed by atoms with Gasteiger partial charge in [0.15, 0.2) is 5.96 Å². The zero-order chi connectivity index (χ0) is 18.8. The van der Waals surface area contributed by atoms with Gasteiger partial charge in [0.1, 0.15) is 0 Å². The maximum absolute atomic E-state index is 4.70. The van der Waals surface area contributed by atoms with Crippen molar-refractivity contribution in [2.75, 3.05) is 39.3 Å². The summed E-state index contributed by atoms with van der Waals surface area (Å²) in [4.78, 5) is 7.31. The van der Waals surface area contributed by atoms with Crippen molar-refractivity contribution >= 4 is 5.96 Å². The Bertz CT molecular complexity index is 550. The predicted octanol–water partition coefficient (Wildman–Crippen LogP) is 2.57. The summed E-state index contributed by atoms with van der Waals surface area (Å²) in [6, 6.07) is 2.12. The lowest BCUT2D eigenvalue weighted by Crippen LogP contribution is -2.40. The molecule has 0 aliphatic carbocycles. The van der Waals surface area contributed by atoms with Crippen molar-refractivity contribution in [2.45, 2.75) is 59.9 Å². The van der Waals surface area contributed by atoms with Crippen molar-refractivity contribution in [3.8, 4) is 0 Å². The van der Waals surface area contributed by atoms with Crippen LogP contribution in [0.4, 0.5) is 0 Å². The maximum atomic E-state index is 4.70. The molecule has 0 radical (unpaired) electrons. The Kier molecular flexibility index (Phi) is 8.95. The van der Waals surface area contributed by atoms with E-state index < -0.39 is 0 Å². The first-order valence-electron chi connectivity index (χ1n) is 10.3. The number of aromatic nitrogens is 2. The third kappa shape index (κ3) is 7.36. The second kappa shape index (κ2) is 11.2. The minimum atomic E-state index is 0.817. The molecule has 1 aliphatic heterocycles. The number of likely N-dealkylation sites (tertiary alicyclic amines) is 1. The fourth-order valence-electron chi connectivity index (χ4n) is 3.65. The molecule has 1 fully saturated rings. The van der Waals surface area contributed by atoms with Gasteiger partial charge in [0, 0.05) is 38.4 Å². The van der Waals surface area contributed by atoms with Crippen LogP contribution in [-0.2, 0) is 6.54 Å². The molecular weight excluding hydrogens is 324 g/mol. The number of hydrogen-bond donors (Lipinski definition) is 2. The van der Waals surface area contributed by atoms with Gasteiger partial charge in [-0.3, -0.25) is 9.67 Å². The van der Waals surface area contributed by atoms with E-state index in [9.17, 15) is 0 Å². The molecule has 1 unspecified atom stereocenters. The quantitative estimate of drug-likeness (QED) is 0.403. The first kappa shape index (κ1) is 20.7. The second-order valence-electron chi connectivity index (χ2n) is 7.59. The highest BCUT2D eigenvalue weighted by atomic mass is 15.3. The van der Waals surface area contributed by atoms with Gasteiger partial charge in [-0.15, -0.1) is 0 Å². The largest absolute Gasteiger partial charge is 0.357 e. The van der Waals surface area contributed by atoms with E-state index >= 15 is 0 Å². The Hall–Kier alpha value is -1.56. The summed E-state index contributed by atoms with van der Waals surface area (Å²) in [7, 11) is 0. The van der Waals surface area contributed by atoms with Gasteiger partial charge in [-0.05, 0) is 71.5 Å². The zero-order valence-electron chi connectivity index (χ0n) is 17.2. The highest BCUT2D eigenvalue weighted by Crippen LogP contribution is 2.15. The molecule has 6 nitrogen and oxygen atoms in total. The first-order chi connectivity index (χ1) is 12.6. The minimum Gasteiger partial charge on any atom is -0.357 e. The molecule has 2 N–H and O–H groups in total. The summed E-state index contributed by atoms with van der Waals surface area (Å²) in [6.07, 6.45) is 4.92. The molecule has 0 spiro atoms. The van der Waals surface area contributed by atoms with Crippen LogP contribution in [0.2, 0.25) is 0 Å². The Morgan fingerprint density at radius 1 is 1.27 bits per heavy atom. The number of guanidine groups is 1. The molecule has 1 atom stereocenters. The van der Waals surface area contributed by atoms with Crippen LogP contribution in [0.1, 0.15) is 50.9 Å². The average molecular weight is 363 g/mol. The van der Waals surface area contributed by atoms with Crippen LogP contribution in [0.5, 0.6) is 0 Å². The molecule has 1 aliphatic rings. The molecule has 1 aromatic heterocycles. The van der Waals surface area contributed by atoms with E-state index in [1.54, 1.807) is 0 Å². The molecule has 26 heavy (non-hydrogen) atoms. The number of aryl methyl sites for hydroxylation is 3. The summed E-state index contributed by atoms with van der Waals surface area (Å²) in [6.45, 7) is 16.0. The van der Waals surface area contributed by atoms with Crippen molar-refractivity contribution in [1.82, 2.24) is 25.3 Å². The molecule has 0 aromatic carbocycles. The van der Waals surface area contributed by atoms with Gasteiger partial charge in [-0.2, -0.15) is 5.10 Å². The third-order valence-electron chi connectivity index (χ3n) is 4.93. The molecule has 2 rings (SSSR count). The predicted molar refractivity (Wildman–Crippen MR) is 110 cm³/mol. The van der Waals surface area contributed by atoms with Crippen LogP contribution in [0, 0.1) is 19.8 Å². The van der Waals surface area contributed by atoms with Crippen LogP contribution in [0.3, 0.4) is 0 Å². The Morgan fingerprint density at radius 2 is 2.12 bits per heavy atom. The van der Waals surface area contributed by atoms with Crippen molar-refractivity contribution in [3.05, 3.63) is 17.5 Å². The van der Waals surface area contributed by atoms with Crippen molar-refractivity contribution in [2.24, 2.45) is 10.9 Å². The van der Waals surface area contributed by atoms with Crippen LogP contribution >= 0.6 is 0 Å². The number of piperidine rings is 1. The Balaban J connectivity index is 1.64. The molecule has 0 amide bonds. The summed E-state index contributed by atoms with van der Waals surface area (Å²) < 4.78 is 2.07. The molecule has 0 saturated carbocycles. The van der Waals surface area contributed by atoms with Crippen molar-refractivity contribution in [1.29, 1.82) is 0 Å². The molecule has 1 saturated heterocycles. The molecule has 2 heterocycles. The van der Waals surface area contributed by atoms with E-state index in [1.165, 1.54) is 44.6 Å². The SMILES string of the molecule is CCNC(=NCCCn1nc(C)cc1C)NCCCN1CCCC(C)C1. The highest BCUT2D eigenvalue weighted by molar-refractivity contribution is 5.79. The number of nitrogens with zero attached hydrogens (tertiary/aromatic N) is 4. The summed E-state index contributed by atoms with van der Waals surface area (Å²) in [5.41, 5.74) is 2.31. The van der Waals surface area contributed by atoms with Crippen LogP contribution in [-0.4, -0.2) is 59.9 Å². The van der Waals surface area contributed by atoms with Crippen LogP contribution in [0.15, 0.2) is 11.1 Å². The van der Waals surface area contributed by atoms with Crippen molar-refractivity contribution < 1.29 is 0 Å². The topological polar surface area (TPSA) is 57.5 Å². The first-order valence-corrected chi connectivity index (χ1v) is 10.3. The molecule has 148 valence electrons. The van der Waals surface area contributed by atoms with E-state index in [2.05, 4.69) is 52.2 Å². The summed E-state index contributed by atoms with van der Waals surface area (Å²) in [5.74, 6) is 1.80. The number of aliphatic imine (C=N–C) groups is 1. The number of hydrogen-bond acceptors (Lipinski definition) is 3. The highest BCUT2D eigenvalue weighted by Gasteiger charge is 2.15. The Morgan fingerprint density at radius 3 is 2.81 bits per heavy atom. The van der Waals surface area contributed by atoms with Gasteiger partial charge in [0.2, 0.25) is 0 Å². The molecule has 0 bridgehead atoms. The molecule has 6 heteroatoms. The van der Waals surface area contributed by atoms with Gasteiger partial charge in [0.05, 0.1) is 5.69 Å². The zero-order valence-corrected chi connectivity index (χ0v) is 17.2. The summed E-state index contributed by atoms with van der Waals surface area (Å²) in [5, 5.41) is 11.3. The van der Waals surface area contributed by atoms with Gasteiger partial charge in [-0.1, -0.05) is 6.92 Å². The number of nitrogens with one attached hydrogen (secondary N) is 2. The fraction of sp³-hybridized carbons (Fsp3) is 0.800.